The fourth-order valence-corrected chi connectivity index (χ4v) is 1.35. The molecule has 1 heterocycles. The second-order valence-corrected chi connectivity index (χ2v) is 3.74. The summed E-state index contributed by atoms with van der Waals surface area (Å²) in [5.74, 6) is 0.391. The van der Waals surface area contributed by atoms with Gasteiger partial charge in [-0.3, -0.25) is 0 Å². The molecule has 1 aliphatic rings. The molecular formula is C10H11ClFNO. The minimum atomic E-state index is -0.428. The first kappa shape index (κ1) is 9.71. The standard InChI is InChI=1S/C10H11ClFNO/c11-5-8-3-4-13-10(9(8)12)14-6-7-1-2-7/h3-4,7H,1-2,5-6H2. The number of rotatable bonds is 4. The monoisotopic (exact) mass is 215 g/mol. The van der Waals surface area contributed by atoms with Gasteiger partial charge in [-0.25, -0.2) is 9.37 Å². The van der Waals surface area contributed by atoms with Gasteiger partial charge in [0.2, 0.25) is 0 Å². The molecule has 1 saturated carbocycles. The minimum absolute atomic E-state index is 0.0788. The fourth-order valence-electron chi connectivity index (χ4n) is 1.15. The quantitative estimate of drug-likeness (QED) is 0.721. The van der Waals surface area contributed by atoms with E-state index in [-0.39, 0.29) is 11.8 Å². The average molecular weight is 216 g/mol. The van der Waals surface area contributed by atoms with Crippen molar-refractivity contribution in [2.45, 2.75) is 18.7 Å². The Bertz CT molecular complexity index is 328. The number of halogens is 2. The molecule has 0 atom stereocenters. The number of hydrogen-bond acceptors (Lipinski definition) is 2. The predicted octanol–water partition coefficient (Wildman–Crippen LogP) is 2.75. The van der Waals surface area contributed by atoms with E-state index in [1.165, 1.54) is 19.0 Å². The maximum Gasteiger partial charge on any atom is 0.250 e. The number of ether oxygens (including phenoxy) is 1. The summed E-state index contributed by atoms with van der Waals surface area (Å²) >= 11 is 5.56. The molecule has 76 valence electrons. The molecule has 0 aromatic carbocycles. The van der Waals surface area contributed by atoms with Crippen molar-refractivity contribution >= 4 is 11.6 Å². The Labute approximate surface area is 87.1 Å². The Hall–Kier alpha value is -0.830. The van der Waals surface area contributed by atoms with Gasteiger partial charge < -0.3 is 4.74 Å². The zero-order chi connectivity index (χ0) is 9.97. The van der Waals surface area contributed by atoms with E-state index < -0.39 is 5.82 Å². The van der Waals surface area contributed by atoms with Gasteiger partial charge in [0, 0.05) is 11.8 Å². The highest BCUT2D eigenvalue weighted by atomic mass is 35.5. The van der Waals surface area contributed by atoms with Gasteiger partial charge in [0.15, 0.2) is 5.82 Å². The molecule has 0 radical (unpaired) electrons. The highest BCUT2D eigenvalue weighted by molar-refractivity contribution is 6.17. The van der Waals surface area contributed by atoms with Gasteiger partial charge in [-0.15, -0.1) is 11.6 Å². The molecule has 0 unspecified atom stereocenters. The lowest BCUT2D eigenvalue weighted by Crippen LogP contribution is -2.04. The summed E-state index contributed by atoms with van der Waals surface area (Å²) in [7, 11) is 0. The van der Waals surface area contributed by atoms with Gasteiger partial charge in [0.25, 0.3) is 5.88 Å². The molecule has 0 spiro atoms. The van der Waals surface area contributed by atoms with Crippen LogP contribution in [0.1, 0.15) is 18.4 Å². The normalized spacial score (nSPS) is 15.6. The second kappa shape index (κ2) is 4.13. The molecule has 1 aromatic rings. The summed E-state index contributed by atoms with van der Waals surface area (Å²) in [4.78, 5) is 3.83. The molecule has 0 amide bonds. The van der Waals surface area contributed by atoms with Crippen LogP contribution in [0.2, 0.25) is 0 Å². The Balaban J connectivity index is 2.06. The molecular weight excluding hydrogens is 205 g/mol. The SMILES string of the molecule is Fc1c(CCl)ccnc1OCC1CC1. The van der Waals surface area contributed by atoms with E-state index >= 15 is 0 Å². The number of aromatic nitrogens is 1. The zero-order valence-corrected chi connectivity index (χ0v) is 8.43. The van der Waals surface area contributed by atoms with Gasteiger partial charge in [-0.05, 0) is 24.8 Å². The Morgan fingerprint density at radius 2 is 2.36 bits per heavy atom. The lowest BCUT2D eigenvalue weighted by Gasteiger charge is -2.06. The van der Waals surface area contributed by atoms with Crippen LogP contribution < -0.4 is 4.74 Å². The van der Waals surface area contributed by atoms with Crippen LogP contribution in [0, 0.1) is 11.7 Å². The molecule has 0 bridgehead atoms. The third-order valence-electron chi connectivity index (χ3n) is 2.23. The van der Waals surface area contributed by atoms with Crippen molar-refractivity contribution in [2.75, 3.05) is 6.61 Å². The van der Waals surface area contributed by atoms with E-state index in [4.69, 9.17) is 16.3 Å². The summed E-state index contributed by atoms with van der Waals surface area (Å²) in [6.45, 7) is 0.565. The summed E-state index contributed by atoms with van der Waals surface area (Å²) in [5, 5.41) is 0. The van der Waals surface area contributed by atoms with Gasteiger partial charge in [-0.1, -0.05) is 0 Å². The smallest absolute Gasteiger partial charge is 0.250 e. The lowest BCUT2D eigenvalue weighted by molar-refractivity contribution is 0.272. The molecule has 4 heteroatoms. The summed E-state index contributed by atoms with van der Waals surface area (Å²) in [6.07, 6.45) is 3.87. The maximum atomic E-state index is 13.5. The molecule has 0 N–H and O–H groups in total. The molecule has 1 aliphatic carbocycles. The largest absolute Gasteiger partial charge is 0.475 e. The fraction of sp³-hybridized carbons (Fsp3) is 0.500. The molecule has 1 aromatic heterocycles. The molecule has 1 fully saturated rings. The van der Waals surface area contributed by atoms with E-state index in [0.717, 1.165) is 0 Å². The first-order chi connectivity index (χ1) is 6.81. The zero-order valence-electron chi connectivity index (χ0n) is 7.67. The number of pyridine rings is 1. The lowest BCUT2D eigenvalue weighted by atomic mass is 10.3. The first-order valence-electron chi connectivity index (χ1n) is 4.63. The highest BCUT2D eigenvalue weighted by Crippen LogP contribution is 2.30. The number of alkyl halides is 1. The van der Waals surface area contributed by atoms with Gasteiger partial charge in [0.1, 0.15) is 0 Å². The van der Waals surface area contributed by atoms with E-state index in [2.05, 4.69) is 4.98 Å². The van der Waals surface area contributed by atoms with Crippen LogP contribution in [-0.4, -0.2) is 11.6 Å². The average Bonchev–Trinajstić information content (AvgIpc) is 3.00. The minimum Gasteiger partial charge on any atom is -0.475 e. The van der Waals surface area contributed by atoms with Crippen LogP contribution >= 0.6 is 11.6 Å². The molecule has 2 rings (SSSR count). The summed E-state index contributed by atoms with van der Waals surface area (Å²) < 4.78 is 18.7. The predicted molar refractivity (Wildman–Crippen MR) is 52.0 cm³/mol. The Morgan fingerprint density at radius 3 is 3.00 bits per heavy atom. The van der Waals surface area contributed by atoms with Crippen LogP contribution in [0.5, 0.6) is 5.88 Å². The second-order valence-electron chi connectivity index (χ2n) is 3.48. The van der Waals surface area contributed by atoms with Crippen molar-refractivity contribution in [3.8, 4) is 5.88 Å². The van der Waals surface area contributed by atoms with Crippen LogP contribution in [0.25, 0.3) is 0 Å². The maximum absolute atomic E-state index is 13.5. The van der Waals surface area contributed by atoms with E-state index in [1.54, 1.807) is 6.07 Å². The Morgan fingerprint density at radius 1 is 1.57 bits per heavy atom. The van der Waals surface area contributed by atoms with Crippen LogP contribution in [0.4, 0.5) is 4.39 Å². The molecule has 14 heavy (non-hydrogen) atoms. The van der Waals surface area contributed by atoms with E-state index in [0.29, 0.717) is 18.1 Å². The van der Waals surface area contributed by atoms with Gasteiger partial charge in [-0.2, -0.15) is 0 Å². The molecule has 2 nitrogen and oxygen atoms in total. The van der Waals surface area contributed by atoms with E-state index in [9.17, 15) is 4.39 Å². The van der Waals surface area contributed by atoms with Crippen molar-refractivity contribution in [3.05, 3.63) is 23.6 Å². The van der Waals surface area contributed by atoms with Crippen LogP contribution in [0.3, 0.4) is 0 Å². The third-order valence-corrected chi connectivity index (χ3v) is 2.52. The summed E-state index contributed by atoms with van der Waals surface area (Å²) in [6, 6.07) is 1.56. The van der Waals surface area contributed by atoms with Crippen molar-refractivity contribution in [2.24, 2.45) is 5.92 Å². The van der Waals surface area contributed by atoms with E-state index in [1.807, 2.05) is 0 Å². The van der Waals surface area contributed by atoms with Crippen molar-refractivity contribution in [3.63, 3.8) is 0 Å². The van der Waals surface area contributed by atoms with Crippen molar-refractivity contribution in [1.29, 1.82) is 0 Å². The highest BCUT2D eigenvalue weighted by Gasteiger charge is 2.23. The van der Waals surface area contributed by atoms with Crippen LogP contribution in [-0.2, 0) is 5.88 Å². The Kier molecular flexibility index (Phi) is 2.87. The first-order valence-corrected chi connectivity index (χ1v) is 5.17. The third kappa shape index (κ3) is 2.15. The summed E-state index contributed by atoms with van der Waals surface area (Å²) in [5.41, 5.74) is 0.437. The molecule has 0 saturated heterocycles. The number of hydrogen-bond donors (Lipinski definition) is 0. The molecule has 0 aliphatic heterocycles. The van der Waals surface area contributed by atoms with Gasteiger partial charge in [0.05, 0.1) is 12.5 Å². The van der Waals surface area contributed by atoms with Crippen molar-refractivity contribution in [1.82, 2.24) is 4.98 Å². The van der Waals surface area contributed by atoms with Gasteiger partial charge >= 0.3 is 0 Å². The number of nitrogens with zero attached hydrogens (tertiary/aromatic N) is 1. The topological polar surface area (TPSA) is 22.1 Å². The van der Waals surface area contributed by atoms with Crippen LogP contribution in [0.15, 0.2) is 12.3 Å². The van der Waals surface area contributed by atoms with Crippen molar-refractivity contribution < 1.29 is 9.13 Å².